The number of hydrogen-bond donors (Lipinski definition) is 6. The minimum atomic E-state index is -0.740. The first-order chi connectivity index (χ1) is 13.4. The molecule has 0 aliphatic rings. The van der Waals surface area contributed by atoms with E-state index in [-0.39, 0.29) is 17.6 Å². The highest BCUT2D eigenvalue weighted by Gasteiger charge is 2.26. The van der Waals surface area contributed by atoms with Gasteiger partial charge in [-0.25, -0.2) is 0 Å². The molecule has 0 radical (unpaired) electrons. The second kappa shape index (κ2) is 16.4. The average molecular weight is 401 g/mol. The van der Waals surface area contributed by atoms with E-state index in [1.54, 1.807) is 0 Å². The van der Waals surface area contributed by atoms with Crippen molar-refractivity contribution in [3.05, 3.63) is 0 Å². The second-order valence-electron chi connectivity index (χ2n) is 7.19. The normalized spacial score (nSPS) is 14.2. The van der Waals surface area contributed by atoms with Crippen molar-refractivity contribution in [3.63, 3.8) is 0 Å². The summed E-state index contributed by atoms with van der Waals surface area (Å²) in [6, 6.07) is -2.01. The number of hydrogen-bond acceptors (Lipinski definition) is 7. The van der Waals surface area contributed by atoms with Gasteiger partial charge in [0.1, 0.15) is 6.04 Å². The van der Waals surface area contributed by atoms with Gasteiger partial charge in [0.25, 0.3) is 0 Å². The summed E-state index contributed by atoms with van der Waals surface area (Å²) in [5, 5.41) is 5.50. The Morgan fingerprint density at radius 3 is 1.57 bits per heavy atom. The maximum Gasteiger partial charge on any atom is 0.243 e. The van der Waals surface area contributed by atoms with E-state index in [4.69, 9.17) is 22.9 Å². The zero-order chi connectivity index (χ0) is 21.4. The molecule has 0 fully saturated rings. The number of unbranched alkanes of at least 4 members (excludes halogenated alkanes) is 3. The maximum atomic E-state index is 12.7. The lowest BCUT2D eigenvalue weighted by atomic mass is 10.0. The first kappa shape index (κ1) is 26.4. The first-order valence-corrected chi connectivity index (χ1v) is 10.3. The largest absolute Gasteiger partial charge is 0.345 e. The van der Waals surface area contributed by atoms with Crippen LogP contribution in [0.3, 0.4) is 0 Å². The molecule has 0 saturated carbocycles. The summed E-state index contributed by atoms with van der Waals surface area (Å²) < 4.78 is 0. The van der Waals surface area contributed by atoms with Crippen LogP contribution in [0.5, 0.6) is 0 Å². The monoisotopic (exact) mass is 400 g/mol. The van der Waals surface area contributed by atoms with Crippen molar-refractivity contribution in [2.75, 3.05) is 19.6 Å². The van der Waals surface area contributed by atoms with Crippen molar-refractivity contribution in [2.45, 2.75) is 82.8 Å². The van der Waals surface area contributed by atoms with Gasteiger partial charge in [-0.15, -0.1) is 0 Å². The van der Waals surface area contributed by atoms with Gasteiger partial charge in [-0.3, -0.25) is 14.4 Å². The number of ketones is 1. The van der Waals surface area contributed by atoms with Gasteiger partial charge in [0.2, 0.25) is 11.8 Å². The first-order valence-electron chi connectivity index (χ1n) is 10.3. The van der Waals surface area contributed by atoms with Crippen LogP contribution in [0.25, 0.3) is 0 Å². The van der Waals surface area contributed by atoms with Crippen LogP contribution in [0.4, 0.5) is 0 Å². The Labute approximate surface area is 168 Å². The van der Waals surface area contributed by atoms with Crippen LogP contribution in [0.15, 0.2) is 0 Å². The molecule has 0 spiro atoms. The number of rotatable bonds is 17. The maximum absolute atomic E-state index is 12.7. The van der Waals surface area contributed by atoms with Gasteiger partial charge >= 0.3 is 0 Å². The molecule has 9 nitrogen and oxygen atoms in total. The Morgan fingerprint density at radius 1 is 0.679 bits per heavy atom. The molecule has 2 amide bonds. The fraction of sp³-hybridized carbons (Fsp3) is 0.842. The number of nitrogens with two attached hydrogens (primary N) is 4. The zero-order valence-electron chi connectivity index (χ0n) is 17.3. The molecule has 0 saturated heterocycles. The molecule has 0 aromatic heterocycles. The third kappa shape index (κ3) is 12.0. The lowest BCUT2D eigenvalue weighted by Gasteiger charge is -2.23. The van der Waals surface area contributed by atoms with Crippen molar-refractivity contribution in [1.82, 2.24) is 10.6 Å². The van der Waals surface area contributed by atoms with E-state index in [0.29, 0.717) is 45.3 Å². The Morgan fingerprint density at radius 2 is 1.11 bits per heavy atom. The lowest BCUT2D eigenvalue weighted by molar-refractivity contribution is -0.131. The lowest BCUT2D eigenvalue weighted by Crippen LogP contribution is -2.54. The molecular formula is C19H40N6O3. The third-order valence-electron chi connectivity index (χ3n) is 4.64. The van der Waals surface area contributed by atoms with Crippen LogP contribution in [-0.4, -0.2) is 55.4 Å². The predicted molar refractivity (Wildman–Crippen MR) is 111 cm³/mol. The van der Waals surface area contributed by atoms with E-state index in [2.05, 4.69) is 10.6 Å². The highest BCUT2D eigenvalue weighted by atomic mass is 16.2. The molecule has 9 heteroatoms. The highest BCUT2D eigenvalue weighted by Crippen LogP contribution is 2.07. The standard InChI is InChI=1S/C19H40N6O3/c1-14(26)16(9-3-6-12-21)24-19(28)17(10-4-7-13-22)25-18(27)15(23)8-2-5-11-20/h15-17H,2-13,20-23H2,1H3,(H,24,28)(H,25,27). The molecule has 0 aromatic rings. The van der Waals surface area contributed by atoms with Crippen LogP contribution < -0.4 is 33.6 Å². The van der Waals surface area contributed by atoms with Crippen LogP contribution >= 0.6 is 0 Å². The number of carbonyl (C=O) groups is 3. The van der Waals surface area contributed by atoms with Gasteiger partial charge in [0, 0.05) is 0 Å². The SMILES string of the molecule is CC(=O)C(CCCCN)NC(=O)C(CCCCN)NC(=O)C(N)CCCCN. The Hall–Kier alpha value is -1.55. The number of nitrogens with one attached hydrogen (secondary N) is 2. The topological polar surface area (TPSA) is 179 Å². The second-order valence-corrected chi connectivity index (χ2v) is 7.19. The molecule has 3 atom stereocenters. The van der Waals surface area contributed by atoms with Gasteiger partial charge in [0.05, 0.1) is 12.1 Å². The summed E-state index contributed by atoms with van der Waals surface area (Å²) in [4.78, 5) is 36.9. The Bertz CT molecular complexity index is 461. The van der Waals surface area contributed by atoms with E-state index in [9.17, 15) is 14.4 Å². The van der Waals surface area contributed by atoms with Crippen LogP contribution in [0, 0.1) is 0 Å². The fourth-order valence-electron chi connectivity index (χ4n) is 2.82. The molecule has 0 aliphatic heterocycles. The summed E-state index contributed by atoms with van der Waals surface area (Å²) in [6.45, 7) is 3.05. The molecule has 0 bridgehead atoms. The van der Waals surface area contributed by atoms with Crippen LogP contribution in [-0.2, 0) is 14.4 Å². The van der Waals surface area contributed by atoms with Crippen LogP contribution in [0.1, 0.15) is 64.7 Å². The average Bonchev–Trinajstić information content (AvgIpc) is 2.66. The third-order valence-corrected chi connectivity index (χ3v) is 4.64. The molecule has 0 aliphatic carbocycles. The molecular weight excluding hydrogens is 360 g/mol. The number of amides is 2. The number of Topliss-reactive ketones (excluding diaryl/α,β-unsaturated/α-hetero) is 1. The van der Waals surface area contributed by atoms with E-state index < -0.39 is 18.1 Å². The summed E-state index contributed by atoms with van der Waals surface area (Å²) >= 11 is 0. The summed E-state index contributed by atoms with van der Waals surface area (Å²) in [6.07, 6.45) is 6.00. The van der Waals surface area contributed by atoms with Gasteiger partial charge in [0.15, 0.2) is 5.78 Å². The molecule has 28 heavy (non-hydrogen) atoms. The number of carbonyl (C=O) groups excluding carboxylic acids is 3. The molecule has 3 unspecified atom stereocenters. The zero-order valence-corrected chi connectivity index (χ0v) is 17.3. The van der Waals surface area contributed by atoms with Crippen molar-refractivity contribution in [3.8, 4) is 0 Å². The molecule has 10 N–H and O–H groups in total. The van der Waals surface area contributed by atoms with Gasteiger partial charge in [-0.2, -0.15) is 0 Å². The summed E-state index contributed by atoms with van der Waals surface area (Å²) in [5.41, 5.74) is 22.4. The van der Waals surface area contributed by atoms with Crippen molar-refractivity contribution >= 4 is 17.6 Å². The van der Waals surface area contributed by atoms with E-state index in [0.717, 1.165) is 32.1 Å². The van der Waals surface area contributed by atoms with Gasteiger partial charge < -0.3 is 33.6 Å². The summed E-state index contributed by atoms with van der Waals surface area (Å²) in [5.74, 6) is -0.851. The Kier molecular flexibility index (Phi) is 15.5. The van der Waals surface area contributed by atoms with Crippen LogP contribution in [0.2, 0.25) is 0 Å². The summed E-state index contributed by atoms with van der Waals surface area (Å²) in [7, 11) is 0. The van der Waals surface area contributed by atoms with E-state index >= 15 is 0 Å². The molecule has 0 rings (SSSR count). The quantitative estimate of drug-likeness (QED) is 0.174. The smallest absolute Gasteiger partial charge is 0.243 e. The predicted octanol–water partition coefficient (Wildman–Crippen LogP) is -0.741. The van der Waals surface area contributed by atoms with Gasteiger partial charge in [-0.1, -0.05) is 6.42 Å². The van der Waals surface area contributed by atoms with Crippen molar-refractivity contribution in [2.24, 2.45) is 22.9 Å². The van der Waals surface area contributed by atoms with Crippen molar-refractivity contribution < 1.29 is 14.4 Å². The fourth-order valence-corrected chi connectivity index (χ4v) is 2.82. The minimum Gasteiger partial charge on any atom is -0.345 e. The molecule has 0 heterocycles. The molecule has 0 aromatic carbocycles. The minimum absolute atomic E-state index is 0.115. The highest BCUT2D eigenvalue weighted by molar-refractivity contribution is 5.92. The van der Waals surface area contributed by atoms with E-state index in [1.807, 2.05) is 0 Å². The van der Waals surface area contributed by atoms with Crippen molar-refractivity contribution in [1.29, 1.82) is 0 Å². The van der Waals surface area contributed by atoms with Gasteiger partial charge in [-0.05, 0) is 77.9 Å². The molecule has 164 valence electrons. The van der Waals surface area contributed by atoms with E-state index in [1.165, 1.54) is 6.92 Å². The Balaban J connectivity index is 4.86.